The van der Waals surface area contributed by atoms with Crippen LogP contribution in [0.4, 0.5) is 0 Å². The first-order chi connectivity index (χ1) is 8.29. The van der Waals surface area contributed by atoms with Crippen molar-refractivity contribution in [3.63, 3.8) is 0 Å². The Balaban J connectivity index is 2.04. The van der Waals surface area contributed by atoms with Crippen molar-refractivity contribution in [2.45, 2.75) is 11.0 Å². The van der Waals surface area contributed by atoms with Crippen molar-refractivity contribution in [2.24, 2.45) is 0 Å². The van der Waals surface area contributed by atoms with Crippen LogP contribution in [0.2, 0.25) is 0 Å². The highest BCUT2D eigenvalue weighted by Crippen LogP contribution is 2.23. The highest BCUT2D eigenvalue weighted by atomic mass is 32.2. The lowest BCUT2D eigenvalue weighted by Gasteiger charge is -2.09. The summed E-state index contributed by atoms with van der Waals surface area (Å²) in [5.74, 6) is 0.721. The lowest BCUT2D eigenvalue weighted by molar-refractivity contribution is 0.199. The number of hydrogen-bond acceptors (Lipinski definition) is 3. The van der Waals surface area contributed by atoms with Crippen LogP contribution in [0.3, 0.4) is 0 Å². The molecule has 0 radical (unpaired) electrons. The van der Waals surface area contributed by atoms with Gasteiger partial charge >= 0.3 is 0 Å². The minimum Gasteiger partial charge on any atom is -0.391 e. The number of rotatable bonds is 5. The fraction of sp³-hybridized carbons (Fsp3) is 0.286. The summed E-state index contributed by atoms with van der Waals surface area (Å²) >= 11 is 1.69. The molecule has 2 nitrogen and oxygen atoms in total. The average Bonchev–Trinajstić information content (AvgIpc) is 2.36. The van der Waals surface area contributed by atoms with Crippen molar-refractivity contribution in [3.8, 4) is 0 Å². The van der Waals surface area contributed by atoms with E-state index in [0.717, 1.165) is 5.75 Å². The molecule has 0 aromatic heterocycles. The van der Waals surface area contributed by atoms with E-state index in [9.17, 15) is 5.11 Å². The molecule has 2 rings (SSSR count). The van der Waals surface area contributed by atoms with Crippen LogP contribution in [0.15, 0.2) is 47.4 Å². The fourth-order valence-electron chi connectivity index (χ4n) is 1.74. The fourth-order valence-corrected chi connectivity index (χ4v) is 2.62. The lowest BCUT2D eigenvalue weighted by atomic mass is 10.1. The molecule has 0 saturated carbocycles. The Morgan fingerprint density at radius 3 is 2.71 bits per heavy atom. The zero-order chi connectivity index (χ0) is 12.1. The summed E-state index contributed by atoms with van der Waals surface area (Å²) in [6, 6.07) is 14.7. The van der Waals surface area contributed by atoms with Gasteiger partial charge in [0.05, 0.1) is 6.10 Å². The number of likely N-dealkylation sites (N-methyl/N-ethyl adjacent to an activating group) is 1. The van der Waals surface area contributed by atoms with Gasteiger partial charge in [0.1, 0.15) is 0 Å². The summed E-state index contributed by atoms with van der Waals surface area (Å²) in [5.41, 5.74) is 0. The second-order valence-electron chi connectivity index (χ2n) is 4.03. The summed E-state index contributed by atoms with van der Waals surface area (Å²) in [7, 11) is 1.85. The van der Waals surface area contributed by atoms with Crippen LogP contribution < -0.4 is 5.32 Å². The van der Waals surface area contributed by atoms with Crippen LogP contribution in [0.25, 0.3) is 10.8 Å². The second kappa shape index (κ2) is 6.05. The highest BCUT2D eigenvalue weighted by Gasteiger charge is 2.04. The number of nitrogens with one attached hydrogen (secondary N) is 1. The summed E-state index contributed by atoms with van der Waals surface area (Å²) in [6.45, 7) is 0.639. The van der Waals surface area contributed by atoms with Gasteiger partial charge in [-0.05, 0) is 30.0 Å². The molecule has 17 heavy (non-hydrogen) atoms. The third-order valence-electron chi connectivity index (χ3n) is 2.60. The first-order valence-electron chi connectivity index (χ1n) is 5.74. The molecule has 0 fully saturated rings. The first kappa shape index (κ1) is 12.4. The number of benzene rings is 2. The van der Waals surface area contributed by atoms with Crippen molar-refractivity contribution in [1.29, 1.82) is 0 Å². The quantitative estimate of drug-likeness (QED) is 0.796. The largest absolute Gasteiger partial charge is 0.391 e. The normalized spacial score (nSPS) is 12.8. The van der Waals surface area contributed by atoms with E-state index in [2.05, 4.69) is 35.6 Å². The van der Waals surface area contributed by atoms with Gasteiger partial charge < -0.3 is 10.4 Å². The predicted molar refractivity (Wildman–Crippen MR) is 74.6 cm³/mol. The average molecular weight is 247 g/mol. The molecule has 0 spiro atoms. The molecule has 1 atom stereocenters. The molecule has 0 heterocycles. The number of hydrogen-bond donors (Lipinski definition) is 2. The SMILES string of the molecule is CNCC(O)CSc1ccc2ccccc2c1. The summed E-state index contributed by atoms with van der Waals surface area (Å²) < 4.78 is 0. The molecule has 0 saturated heterocycles. The van der Waals surface area contributed by atoms with Gasteiger partial charge in [0.15, 0.2) is 0 Å². The molecule has 0 aliphatic carbocycles. The van der Waals surface area contributed by atoms with E-state index >= 15 is 0 Å². The number of aliphatic hydroxyl groups is 1. The van der Waals surface area contributed by atoms with Crippen LogP contribution in [0, 0.1) is 0 Å². The van der Waals surface area contributed by atoms with Crippen molar-refractivity contribution in [3.05, 3.63) is 42.5 Å². The van der Waals surface area contributed by atoms with E-state index in [-0.39, 0.29) is 6.10 Å². The zero-order valence-corrected chi connectivity index (χ0v) is 10.7. The maximum Gasteiger partial charge on any atom is 0.0758 e. The van der Waals surface area contributed by atoms with E-state index in [0.29, 0.717) is 6.54 Å². The molecule has 3 heteroatoms. The van der Waals surface area contributed by atoms with Crippen molar-refractivity contribution < 1.29 is 5.11 Å². The number of aliphatic hydroxyl groups excluding tert-OH is 1. The third kappa shape index (κ3) is 3.46. The Hall–Kier alpha value is -1.03. The highest BCUT2D eigenvalue weighted by molar-refractivity contribution is 7.99. The van der Waals surface area contributed by atoms with Gasteiger partial charge in [-0.3, -0.25) is 0 Å². The van der Waals surface area contributed by atoms with Gasteiger partial charge in [-0.15, -0.1) is 11.8 Å². The lowest BCUT2D eigenvalue weighted by Crippen LogP contribution is -2.25. The predicted octanol–water partition coefficient (Wildman–Crippen LogP) is 2.51. The van der Waals surface area contributed by atoms with E-state index in [4.69, 9.17) is 0 Å². The zero-order valence-electron chi connectivity index (χ0n) is 9.89. The molecule has 2 aromatic carbocycles. The molecule has 0 aliphatic rings. The van der Waals surface area contributed by atoms with E-state index in [1.54, 1.807) is 11.8 Å². The van der Waals surface area contributed by atoms with Gasteiger partial charge in [0, 0.05) is 17.2 Å². The summed E-state index contributed by atoms with van der Waals surface area (Å²) in [6.07, 6.45) is -0.295. The number of fused-ring (bicyclic) bond motifs is 1. The van der Waals surface area contributed by atoms with Gasteiger partial charge in [0.2, 0.25) is 0 Å². The van der Waals surface area contributed by atoms with Crippen molar-refractivity contribution in [1.82, 2.24) is 5.32 Å². The first-order valence-corrected chi connectivity index (χ1v) is 6.72. The maximum absolute atomic E-state index is 9.64. The molecular weight excluding hydrogens is 230 g/mol. The van der Waals surface area contributed by atoms with Crippen molar-refractivity contribution in [2.75, 3.05) is 19.3 Å². The summed E-state index contributed by atoms with van der Waals surface area (Å²) in [5, 5.41) is 15.1. The van der Waals surface area contributed by atoms with Crippen LogP contribution in [-0.4, -0.2) is 30.6 Å². The molecule has 90 valence electrons. The topological polar surface area (TPSA) is 32.3 Å². The Kier molecular flexibility index (Phi) is 4.42. The molecule has 1 unspecified atom stereocenters. The monoisotopic (exact) mass is 247 g/mol. The standard InChI is InChI=1S/C14H17NOS/c1-15-9-13(16)10-17-14-7-6-11-4-2-3-5-12(11)8-14/h2-8,13,15-16H,9-10H2,1H3. The maximum atomic E-state index is 9.64. The molecule has 0 aliphatic heterocycles. The Morgan fingerprint density at radius 2 is 1.94 bits per heavy atom. The second-order valence-corrected chi connectivity index (χ2v) is 5.12. The van der Waals surface area contributed by atoms with E-state index in [1.165, 1.54) is 15.7 Å². The molecule has 0 bridgehead atoms. The smallest absolute Gasteiger partial charge is 0.0758 e. The summed E-state index contributed by atoms with van der Waals surface area (Å²) in [4.78, 5) is 1.21. The minimum absolute atomic E-state index is 0.295. The van der Waals surface area contributed by atoms with Gasteiger partial charge in [0.25, 0.3) is 0 Å². The molecular formula is C14H17NOS. The molecule has 2 N–H and O–H groups in total. The Labute approximate surface area is 106 Å². The van der Waals surface area contributed by atoms with E-state index in [1.807, 2.05) is 19.2 Å². The van der Waals surface area contributed by atoms with Crippen LogP contribution in [0.1, 0.15) is 0 Å². The Bertz CT molecular complexity index is 486. The third-order valence-corrected chi connectivity index (χ3v) is 3.74. The molecule has 2 aromatic rings. The van der Waals surface area contributed by atoms with Gasteiger partial charge in [-0.25, -0.2) is 0 Å². The van der Waals surface area contributed by atoms with Crippen molar-refractivity contribution >= 4 is 22.5 Å². The van der Waals surface area contributed by atoms with Gasteiger partial charge in [-0.2, -0.15) is 0 Å². The van der Waals surface area contributed by atoms with E-state index < -0.39 is 0 Å². The molecule has 0 amide bonds. The number of thioether (sulfide) groups is 1. The van der Waals surface area contributed by atoms with Crippen LogP contribution >= 0.6 is 11.8 Å². The van der Waals surface area contributed by atoms with Crippen LogP contribution in [-0.2, 0) is 0 Å². The van der Waals surface area contributed by atoms with Gasteiger partial charge in [-0.1, -0.05) is 30.3 Å². The van der Waals surface area contributed by atoms with Crippen LogP contribution in [0.5, 0.6) is 0 Å². The Morgan fingerprint density at radius 1 is 1.18 bits per heavy atom. The minimum atomic E-state index is -0.295.